The maximum Gasteiger partial charge on any atom is 0.150 e. The van der Waals surface area contributed by atoms with Crippen LogP contribution in [0.3, 0.4) is 0 Å². The lowest BCUT2D eigenvalue weighted by atomic mass is 10.1. The zero-order valence-corrected chi connectivity index (χ0v) is 8.44. The van der Waals surface area contributed by atoms with Crippen molar-refractivity contribution in [2.45, 2.75) is 13.5 Å². The molecule has 0 amide bonds. The SMILES string of the molecule is CC1CN(Cc2ccccc2)CC1=O. The molecule has 0 N–H and O–H groups in total. The summed E-state index contributed by atoms with van der Waals surface area (Å²) in [6.07, 6.45) is 0. The van der Waals surface area contributed by atoms with Crippen LogP contribution in [0.25, 0.3) is 0 Å². The molecule has 1 saturated heterocycles. The van der Waals surface area contributed by atoms with Crippen LogP contribution in [0.1, 0.15) is 12.5 Å². The fraction of sp³-hybridized carbons (Fsp3) is 0.417. The largest absolute Gasteiger partial charge is 0.298 e. The van der Waals surface area contributed by atoms with Crippen molar-refractivity contribution in [3.8, 4) is 0 Å². The van der Waals surface area contributed by atoms with Crippen LogP contribution in [-0.2, 0) is 11.3 Å². The van der Waals surface area contributed by atoms with Crippen molar-refractivity contribution in [1.82, 2.24) is 4.90 Å². The first-order valence-corrected chi connectivity index (χ1v) is 5.04. The van der Waals surface area contributed by atoms with Crippen LogP contribution >= 0.6 is 0 Å². The summed E-state index contributed by atoms with van der Waals surface area (Å²) >= 11 is 0. The van der Waals surface area contributed by atoms with E-state index in [0.29, 0.717) is 12.3 Å². The van der Waals surface area contributed by atoms with Gasteiger partial charge in [-0.05, 0) is 5.56 Å². The summed E-state index contributed by atoms with van der Waals surface area (Å²) in [6.45, 7) is 4.44. The van der Waals surface area contributed by atoms with Gasteiger partial charge in [-0.25, -0.2) is 0 Å². The third kappa shape index (κ3) is 2.02. The van der Waals surface area contributed by atoms with E-state index in [1.807, 2.05) is 25.1 Å². The van der Waals surface area contributed by atoms with Gasteiger partial charge in [-0.15, -0.1) is 0 Å². The lowest BCUT2D eigenvalue weighted by Gasteiger charge is -2.13. The van der Waals surface area contributed by atoms with Gasteiger partial charge in [0.15, 0.2) is 5.78 Å². The van der Waals surface area contributed by atoms with E-state index in [4.69, 9.17) is 0 Å². The molecule has 2 heteroatoms. The molecule has 0 aliphatic carbocycles. The summed E-state index contributed by atoms with van der Waals surface area (Å²) in [5.74, 6) is 0.597. The van der Waals surface area contributed by atoms with Gasteiger partial charge in [-0.3, -0.25) is 9.69 Å². The number of rotatable bonds is 2. The Balaban J connectivity index is 1.97. The first kappa shape index (κ1) is 9.41. The van der Waals surface area contributed by atoms with Gasteiger partial charge in [0.05, 0.1) is 6.54 Å². The number of likely N-dealkylation sites (tertiary alicyclic amines) is 1. The number of carbonyl (C=O) groups is 1. The first-order valence-electron chi connectivity index (χ1n) is 5.04. The Bertz CT molecular complexity index is 320. The van der Waals surface area contributed by atoms with Crippen molar-refractivity contribution < 1.29 is 4.79 Å². The van der Waals surface area contributed by atoms with Gasteiger partial charge in [-0.2, -0.15) is 0 Å². The number of benzene rings is 1. The van der Waals surface area contributed by atoms with E-state index < -0.39 is 0 Å². The molecule has 1 atom stereocenters. The summed E-state index contributed by atoms with van der Waals surface area (Å²) in [4.78, 5) is 13.5. The van der Waals surface area contributed by atoms with Crippen LogP contribution in [0.4, 0.5) is 0 Å². The third-order valence-electron chi connectivity index (χ3n) is 2.71. The van der Waals surface area contributed by atoms with E-state index >= 15 is 0 Å². The van der Waals surface area contributed by atoms with Crippen molar-refractivity contribution >= 4 is 5.78 Å². The third-order valence-corrected chi connectivity index (χ3v) is 2.71. The van der Waals surface area contributed by atoms with Crippen molar-refractivity contribution in [3.63, 3.8) is 0 Å². The molecule has 1 aromatic carbocycles. The molecule has 1 aliphatic heterocycles. The molecule has 1 fully saturated rings. The molecule has 2 rings (SSSR count). The van der Waals surface area contributed by atoms with Gasteiger partial charge < -0.3 is 0 Å². The highest BCUT2D eigenvalue weighted by Crippen LogP contribution is 2.14. The van der Waals surface area contributed by atoms with Crippen LogP contribution in [0.5, 0.6) is 0 Å². The Kier molecular flexibility index (Phi) is 2.64. The molecule has 1 aliphatic rings. The summed E-state index contributed by atoms with van der Waals surface area (Å²) < 4.78 is 0. The molecular formula is C12H15NO. The minimum atomic E-state index is 0.221. The number of hydrogen-bond donors (Lipinski definition) is 0. The quantitative estimate of drug-likeness (QED) is 0.706. The summed E-state index contributed by atoms with van der Waals surface area (Å²) in [7, 11) is 0. The fourth-order valence-electron chi connectivity index (χ4n) is 1.89. The van der Waals surface area contributed by atoms with Crippen molar-refractivity contribution in [2.24, 2.45) is 5.92 Å². The number of carbonyl (C=O) groups excluding carboxylic acids is 1. The molecule has 1 aromatic rings. The predicted molar refractivity (Wildman–Crippen MR) is 55.9 cm³/mol. The highest BCUT2D eigenvalue weighted by Gasteiger charge is 2.26. The second-order valence-corrected chi connectivity index (χ2v) is 4.02. The molecule has 74 valence electrons. The number of nitrogens with zero attached hydrogens (tertiary/aromatic N) is 1. The molecule has 0 radical (unpaired) electrons. The maximum absolute atomic E-state index is 11.3. The standard InChI is InChI=1S/C12H15NO/c1-10-7-13(9-12(10)14)8-11-5-3-2-4-6-11/h2-6,10H,7-9H2,1H3. The minimum absolute atomic E-state index is 0.221. The number of ketones is 1. The van der Waals surface area contributed by atoms with Crippen molar-refractivity contribution in [2.75, 3.05) is 13.1 Å². The van der Waals surface area contributed by atoms with Crippen LogP contribution in [0, 0.1) is 5.92 Å². The number of Topliss-reactive ketones (excluding diaryl/α,β-unsaturated/α-hetero) is 1. The molecule has 14 heavy (non-hydrogen) atoms. The van der Waals surface area contributed by atoms with Gasteiger partial charge >= 0.3 is 0 Å². The molecule has 1 unspecified atom stereocenters. The second kappa shape index (κ2) is 3.93. The molecule has 0 bridgehead atoms. The Morgan fingerprint density at radius 3 is 2.64 bits per heavy atom. The van der Waals surface area contributed by atoms with Gasteiger partial charge in [0.25, 0.3) is 0 Å². The van der Waals surface area contributed by atoms with Gasteiger partial charge in [0.2, 0.25) is 0 Å². The van der Waals surface area contributed by atoms with E-state index in [-0.39, 0.29) is 5.92 Å². The van der Waals surface area contributed by atoms with Gasteiger partial charge in [0.1, 0.15) is 0 Å². The highest BCUT2D eigenvalue weighted by atomic mass is 16.1. The smallest absolute Gasteiger partial charge is 0.150 e. The Morgan fingerprint density at radius 2 is 2.07 bits per heavy atom. The lowest BCUT2D eigenvalue weighted by Crippen LogP contribution is -2.20. The summed E-state index contributed by atoms with van der Waals surface area (Å²) in [5.41, 5.74) is 1.29. The summed E-state index contributed by atoms with van der Waals surface area (Å²) in [5, 5.41) is 0. The molecule has 2 nitrogen and oxygen atoms in total. The average molecular weight is 189 g/mol. The molecule has 0 saturated carbocycles. The zero-order valence-electron chi connectivity index (χ0n) is 8.44. The zero-order chi connectivity index (χ0) is 9.97. The van der Waals surface area contributed by atoms with E-state index in [9.17, 15) is 4.79 Å². The van der Waals surface area contributed by atoms with Crippen LogP contribution in [0.15, 0.2) is 30.3 Å². The Hall–Kier alpha value is -1.15. The fourth-order valence-corrected chi connectivity index (χ4v) is 1.89. The number of hydrogen-bond acceptors (Lipinski definition) is 2. The van der Waals surface area contributed by atoms with Crippen molar-refractivity contribution in [1.29, 1.82) is 0 Å². The van der Waals surface area contributed by atoms with E-state index in [0.717, 1.165) is 13.1 Å². The monoisotopic (exact) mass is 189 g/mol. The normalized spacial score (nSPS) is 22.9. The van der Waals surface area contributed by atoms with E-state index in [1.54, 1.807) is 0 Å². The first-order chi connectivity index (χ1) is 6.75. The Morgan fingerprint density at radius 1 is 1.36 bits per heavy atom. The minimum Gasteiger partial charge on any atom is -0.298 e. The predicted octanol–water partition coefficient (Wildman–Crippen LogP) is 1.71. The van der Waals surface area contributed by atoms with E-state index in [1.165, 1.54) is 5.56 Å². The second-order valence-electron chi connectivity index (χ2n) is 4.02. The lowest BCUT2D eigenvalue weighted by molar-refractivity contribution is -0.119. The van der Waals surface area contributed by atoms with Crippen molar-refractivity contribution in [3.05, 3.63) is 35.9 Å². The topological polar surface area (TPSA) is 20.3 Å². The highest BCUT2D eigenvalue weighted by molar-refractivity contribution is 5.84. The van der Waals surface area contributed by atoms with E-state index in [2.05, 4.69) is 17.0 Å². The van der Waals surface area contributed by atoms with Gasteiger partial charge in [-0.1, -0.05) is 37.3 Å². The average Bonchev–Trinajstić information content (AvgIpc) is 2.47. The summed E-state index contributed by atoms with van der Waals surface area (Å²) in [6, 6.07) is 10.3. The van der Waals surface area contributed by atoms with Crippen LogP contribution in [0.2, 0.25) is 0 Å². The molecular weight excluding hydrogens is 174 g/mol. The molecule has 1 heterocycles. The Labute approximate surface area is 84.5 Å². The van der Waals surface area contributed by atoms with Crippen LogP contribution in [-0.4, -0.2) is 23.8 Å². The molecule has 0 aromatic heterocycles. The van der Waals surface area contributed by atoms with Crippen LogP contribution < -0.4 is 0 Å². The van der Waals surface area contributed by atoms with Gasteiger partial charge in [0, 0.05) is 19.0 Å². The maximum atomic E-state index is 11.3. The molecule has 0 spiro atoms.